The Morgan fingerprint density at radius 1 is 0.618 bits per heavy atom. The van der Waals surface area contributed by atoms with Gasteiger partial charge in [-0.05, 0) is 24.3 Å². The smallest absolute Gasteiger partial charge is 0.200 e. The minimum atomic E-state index is -0.368. The molecule has 8 heteroatoms. The molecule has 0 fully saturated rings. The molecule has 0 spiro atoms. The molecule has 0 saturated heterocycles. The topological polar surface area (TPSA) is 105 Å². The Morgan fingerprint density at radius 3 is 1.29 bits per heavy atom. The van der Waals surface area contributed by atoms with Gasteiger partial charge in [0.25, 0.3) is 0 Å². The molecular formula is C26H38N4O4+2. The van der Waals surface area contributed by atoms with Crippen molar-refractivity contribution in [1.82, 2.24) is 0 Å². The van der Waals surface area contributed by atoms with E-state index in [-0.39, 0.29) is 45.2 Å². The molecule has 0 aromatic heterocycles. The second kappa shape index (κ2) is 9.64. The number of ether oxygens (including phenoxy) is 2. The fourth-order valence-corrected chi connectivity index (χ4v) is 4.07. The summed E-state index contributed by atoms with van der Waals surface area (Å²) in [5, 5.41) is 0. The highest BCUT2D eigenvalue weighted by molar-refractivity contribution is 6.33. The van der Waals surface area contributed by atoms with Crippen molar-refractivity contribution in [3.05, 3.63) is 46.5 Å². The number of fused-ring (bicyclic) bond motifs is 2. The highest BCUT2D eigenvalue weighted by Crippen LogP contribution is 2.41. The summed E-state index contributed by atoms with van der Waals surface area (Å²) in [5.74, 6) is -0.0350. The number of hydrogen-bond donors (Lipinski definition) is 2. The fraction of sp³-hybridized carbons (Fsp3) is 0.462. The van der Waals surface area contributed by atoms with Crippen LogP contribution in [0.25, 0.3) is 0 Å². The van der Waals surface area contributed by atoms with Gasteiger partial charge in [-0.25, -0.2) is 0 Å². The van der Waals surface area contributed by atoms with Crippen LogP contribution >= 0.6 is 0 Å². The number of nitrogen functional groups attached to an aromatic ring is 2. The van der Waals surface area contributed by atoms with Gasteiger partial charge in [0.1, 0.15) is 11.5 Å². The lowest BCUT2D eigenvalue weighted by Crippen LogP contribution is -2.36. The molecule has 0 unspecified atom stereocenters. The number of hydrogen-bond acceptors (Lipinski definition) is 6. The molecule has 2 aromatic carbocycles. The first kappa shape index (κ1) is 25.5. The van der Waals surface area contributed by atoms with Gasteiger partial charge in [-0.1, -0.05) is 0 Å². The number of carbonyl (C=O) groups excluding carboxylic acids is 2. The van der Waals surface area contributed by atoms with Gasteiger partial charge >= 0.3 is 0 Å². The average Bonchev–Trinajstić information content (AvgIpc) is 2.72. The van der Waals surface area contributed by atoms with Crippen LogP contribution in [-0.2, 0) is 0 Å². The minimum Gasteiger partial charge on any atom is -0.493 e. The molecule has 8 nitrogen and oxygen atoms in total. The van der Waals surface area contributed by atoms with E-state index < -0.39 is 0 Å². The molecule has 1 aliphatic rings. The van der Waals surface area contributed by atoms with E-state index in [9.17, 15) is 9.59 Å². The summed E-state index contributed by atoms with van der Waals surface area (Å²) in [5.41, 5.74) is 13.5. The van der Waals surface area contributed by atoms with E-state index in [0.717, 1.165) is 34.9 Å². The van der Waals surface area contributed by atoms with Gasteiger partial charge in [0.2, 0.25) is 11.6 Å². The third-order valence-corrected chi connectivity index (χ3v) is 5.77. The number of quaternary nitrogens is 2. The van der Waals surface area contributed by atoms with Gasteiger partial charge < -0.3 is 29.9 Å². The molecule has 0 bridgehead atoms. The Hall–Kier alpha value is -3.10. The highest BCUT2D eigenvalue weighted by atomic mass is 16.5. The quantitative estimate of drug-likeness (QED) is 0.268. The zero-order valence-electron chi connectivity index (χ0n) is 21.2. The maximum Gasteiger partial charge on any atom is 0.200 e. The summed E-state index contributed by atoms with van der Waals surface area (Å²) in [4.78, 5) is 27.2. The van der Waals surface area contributed by atoms with Crippen molar-refractivity contribution in [2.45, 2.75) is 12.8 Å². The number of ketones is 2. The number of anilines is 2. The standard InChI is InChI=1S/C26H36N4O4/c1-29(2,3)13-7-15-33-19-11-9-17(27)21-23(19)25(31)22-18(28)10-12-20(24(22)26(21)32)34-16-8-14-30(4,5)6/h9-12H,7-8,13-16H2,1-6H3,(H2-2,27,28,31,32)/p+2. The third-order valence-electron chi connectivity index (χ3n) is 5.77. The van der Waals surface area contributed by atoms with Gasteiger partial charge in [-0.3, -0.25) is 9.59 Å². The minimum absolute atomic E-state index is 0.156. The van der Waals surface area contributed by atoms with E-state index in [0.29, 0.717) is 24.7 Å². The maximum atomic E-state index is 13.6. The lowest BCUT2D eigenvalue weighted by atomic mass is 9.81. The van der Waals surface area contributed by atoms with Gasteiger partial charge in [-0.15, -0.1) is 0 Å². The second-order valence-corrected chi connectivity index (χ2v) is 10.9. The predicted octanol–water partition coefficient (Wildman–Crippen LogP) is 2.58. The summed E-state index contributed by atoms with van der Waals surface area (Å²) >= 11 is 0. The SMILES string of the molecule is C[N+](C)(C)CCCOc1ccc(N)c2c1C(=O)c1c(N)ccc(OCCC[N+](C)(C)C)c1C2=O. The van der Waals surface area contributed by atoms with Crippen LogP contribution in [0.2, 0.25) is 0 Å². The molecule has 2 aromatic rings. The number of benzene rings is 2. The first-order valence-electron chi connectivity index (χ1n) is 11.6. The van der Waals surface area contributed by atoms with E-state index in [1.165, 1.54) is 0 Å². The van der Waals surface area contributed by atoms with E-state index in [1.807, 2.05) is 0 Å². The molecule has 0 radical (unpaired) electrons. The number of nitrogens with two attached hydrogens (primary N) is 2. The largest absolute Gasteiger partial charge is 0.493 e. The normalized spacial score (nSPS) is 13.5. The lowest BCUT2D eigenvalue weighted by Gasteiger charge is -2.26. The second-order valence-electron chi connectivity index (χ2n) is 10.9. The van der Waals surface area contributed by atoms with E-state index in [2.05, 4.69) is 42.3 Å². The van der Waals surface area contributed by atoms with E-state index in [4.69, 9.17) is 20.9 Å². The predicted molar refractivity (Wildman–Crippen MR) is 135 cm³/mol. The molecule has 0 aliphatic heterocycles. The van der Waals surface area contributed by atoms with Crippen molar-refractivity contribution in [3.63, 3.8) is 0 Å². The lowest BCUT2D eigenvalue weighted by molar-refractivity contribution is -0.870. The van der Waals surface area contributed by atoms with Gasteiger partial charge in [0.15, 0.2) is 0 Å². The van der Waals surface area contributed by atoms with Crippen LogP contribution in [0, 0.1) is 0 Å². The van der Waals surface area contributed by atoms with Crippen LogP contribution in [0.1, 0.15) is 44.7 Å². The molecule has 4 N–H and O–H groups in total. The van der Waals surface area contributed by atoms with Gasteiger partial charge in [-0.2, -0.15) is 0 Å². The van der Waals surface area contributed by atoms with E-state index in [1.54, 1.807) is 24.3 Å². The van der Waals surface area contributed by atoms with E-state index >= 15 is 0 Å². The fourth-order valence-electron chi connectivity index (χ4n) is 4.07. The van der Waals surface area contributed by atoms with Crippen molar-refractivity contribution >= 4 is 22.9 Å². The summed E-state index contributed by atoms with van der Waals surface area (Å²) < 4.78 is 13.5. The highest BCUT2D eigenvalue weighted by Gasteiger charge is 2.38. The zero-order valence-corrected chi connectivity index (χ0v) is 21.2. The van der Waals surface area contributed by atoms with Crippen LogP contribution in [0.4, 0.5) is 11.4 Å². The maximum absolute atomic E-state index is 13.6. The molecule has 0 amide bonds. The molecule has 3 rings (SSSR count). The van der Waals surface area contributed by atoms with Crippen molar-refractivity contribution in [3.8, 4) is 11.5 Å². The summed E-state index contributed by atoms with van der Waals surface area (Å²) in [6.45, 7) is 2.67. The van der Waals surface area contributed by atoms with Crippen LogP contribution < -0.4 is 20.9 Å². The van der Waals surface area contributed by atoms with Crippen LogP contribution in [-0.4, -0.2) is 89.1 Å². The van der Waals surface area contributed by atoms with Crippen molar-refractivity contribution < 1.29 is 28.0 Å². The molecule has 0 saturated carbocycles. The number of rotatable bonds is 10. The Kier molecular flexibility index (Phi) is 7.24. The van der Waals surface area contributed by atoms with Gasteiger partial charge in [0, 0.05) is 24.2 Å². The Labute approximate surface area is 202 Å². The van der Waals surface area contributed by atoms with Crippen LogP contribution in [0.5, 0.6) is 11.5 Å². The molecule has 184 valence electrons. The zero-order chi connectivity index (χ0) is 25.3. The summed E-state index contributed by atoms with van der Waals surface area (Å²) in [6, 6.07) is 6.52. The average molecular weight is 471 g/mol. The Morgan fingerprint density at radius 2 is 0.971 bits per heavy atom. The Balaban J connectivity index is 1.92. The molecular weight excluding hydrogens is 432 g/mol. The molecule has 1 aliphatic carbocycles. The van der Waals surface area contributed by atoms with Crippen molar-refractivity contribution in [2.24, 2.45) is 0 Å². The number of carbonyl (C=O) groups is 2. The summed E-state index contributed by atoms with van der Waals surface area (Å²) in [6.07, 6.45) is 1.60. The first-order chi connectivity index (χ1) is 15.8. The van der Waals surface area contributed by atoms with Crippen molar-refractivity contribution in [1.29, 1.82) is 0 Å². The monoisotopic (exact) mass is 470 g/mol. The first-order valence-corrected chi connectivity index (χ1v) is 11.6. The molecule has 0 atom stereocenters. The Bertz CT molecular complexity index is 1010. The molecule has 0 heterocycles. The van der Waals surface area contributed by atoms with Crippen molar-refractivity contribution in [2.75, 3.05) is 80.1 Å². The van der Waals surface area contributed by atoms with Crippen LogP contribution in [0.3, 0.4) is 0 Å². The number of nitrogens with zero attached hydrogens (tertiary/aromatic N) is 2. The van der Waals surface area contributed by atoms with Crippen LogP contribution in [0.15, 0.2) is 24.3 Å². The van der Waals surface area contributed by atoms with Gasteiger partial charge in [0.05, 0.1) is 90.8 Å². The molecule has 34 heavy (non-hydrogen) atoms. The summed E-state index contributed by atoms with van der Waals surface area (Å²) in [7, 11) is 12.6. The third kappa shape index (κ3) is 5.69.